The molecule has 0 aliphatic heterocycles. The van der Waals surface area contributed by atoms with Gasteiger partial charge in [-0.3, -0.25) is 14.9 Å². The van der Waals surface area contributed by atoms with Crippen LogP contribution in [0.2, 0.25) is 0 Å². The Bertz CT molecular complexity index is 1220. The van der Waals surface area contributed by atoms with Crippen LogP contribution in [0.1, 0.15) is 53.2 Å². The Morgan fingerprint density at radius 2 is 1.71 bits per heavy atom. The number of carbonyl (C=O) groups is 3. The number of rotatable bonds is 7. The molecular formula is C26H25N3O6. The third-order valence-electron chi connectivity index (χ3n) is 6.65. The van der Waals surface area contributed by atoms with Gasteiger partial charge in [-0.2, -0.15) is 0 Å². The van der Waals surface area contributed by atoms with E-state index in [1.54, 1.807) is 0 Å². The van der Waals surface area contributed by atoms with Gasteiger partial charge in [-0.15, -0.1) is 0 Å². The second-order valence-corrected chi connectivity index (χ2v) is 8.97. The monoisotopic (exact) mass is 475 g/mol. The number of nitrogens with zero attached hydrogens (tertiary/aromatic N) is 1. The number of amides is 2. The van der Waals surface area contributed by atoms with Crippen molar-refractivity contribution in [2.45, 2.75) is 37.6 Å². The van der Waals surface area contributed by atoms with Gasteiger partial charge in [-0.1, -0.05) is 53.7 Å². The number of hydrogen-bond acceptors (Lipinski definition) is 6. The van der Waals surface area contributed by atoms with E-state index in [0.717, 1.165) is 28.7 Å². The molecule has 0 spiro atoms. The summed E-state index contributed by atoms with van der Waals surface area (Å²) in [7, 11) is 0. The molecule has 35 heavy (non-hydrogen) atoms. The number of benzene rings is 2. The number of anilines is 1. The SMILES string of the molecule is O=C(O)CC1CCC(NC(=O)c2cc(NC(=O)OCC3c4ccccc4-c4ccccc43)on2)C1. The number of nitrogens with one attached hydrogen (secondary N) is 2. The van der Waals surface area contributed by atoms with E-state index in [1.165, 1.54) is 6.07 Å². The summed E-state index contributed by atoms with van der Waals surface area (Å²) in [6.45, 7) is 0.153. The van der Waals surface area contributed by atoms with E-state index in [1.807, 2.05) is 36.4 Å². The van der Waals surface area contributed by atoms with Crippen molar-refractivity contribution in [3.05, 3.63) is 71.4 Å². The summed E-state index contributed by atoms with van der Waals surface area (Å²) in [5.41, 5.74) is 4.52. The third kappa shape index (κ3) is 4.89. The lowest BCUT2D eigenvalue weighted by molar-refractivity contribution is -0.138. The van der Waals surface area contributed by atoms with E-state index in [4.69, 9.17) is 14.4 Å². The molecule has 2 atom stereocenters. The Hall–Kier alpha value is -4.14. The molecule has 1 heterocycles. The van der Waals surface area contributed by atoms with Gasteiger partial charge >= 0.3 is 12.1 Å². The van der Waals surface area contributed by atoms with Crippen LogP contribution in [0.3, 0.4) is 0 Å². The number of fused-ring (bicyclic) bond motifs is 3. The fourth-order valence-electron chi connectivity index (χ4n) is 5.07. The molecule has 2 amide bonds. The molecule has 2 unspecified atom stereocenters. The summed E-state index contributed by atoms with van der Waals surface area (Å²) in [4.78, 5) is 35.7. The third-order valence-corrected chi connectivity index (χ3v) is 6.65. The first-order chi connectivity index (χ1) is 17.0. The average molecular weight is 476 g/mol. The molecule has 2 aromatic carbocycles. The molecule has 3 N–H and O–H groups in total. The van der Waals surface area contributed by atoms with Gasteiger partial charge in [0.25, 0.3) is 5.91 Å². The fraction of sp³-hybridized carbons (Fsp3) is 0.308. The Morgan fingerprint density at radius 1 is 1.03 bits per heavy atom. The Balaban J connectivity index is 1.15. The zero-order valence-corrected chi connectivity index (χ0v) is 18.9. The van der Waals surface area contributed by atoms with Gasteiger partial charge in [0, 0.05) is 24.4 Å². The number of aliphatic carboxylic acids is 1. The highest BCUT2D eigenvalue weighted by atomic mass is 16.6. The molecule has 0 saturated heterocycles. The van der Waals surface area contributed by atoms with Crippen molar-refractivity contribution in [1.82, 2.24) is 10.5 Å². The Labute approximate surface area is 201 Å². The molecule has 9 nitrogen and oxygen atoms in total. The molecule has 3 aromatic rings. The van der Waals surface area contributed by atoms with Gasteiger partial charge < -0.3 is 19.7 Å². The maximum Gasteiger partial charge on any atom is 0.414 e. The number of hydrogen-bond donors (Lipinski definition) is 3. The van der Waals surface area contributed by atoms with Gasteiger partial charge in [-0.05, 0) is 47.4 Å². The maximum atomic E-state index is 12.5. The summed E-state index contributed by atoms with van der Waals surface area (Å²) in [6.07, 6.45) is 1.48. The molecule has 180 valence electrons. The minimum Gasteiger partial charge on any atom is -0.481 e. The molecule has 9 heteroatoms. The van der Waals surface area contributed by atoms with Gasteiger partial charge in [0.05, 0.1) is 0 Å². The minimum atomic E-state index is -0.831. The predicted molar refractivity (Wildman–Crippen MR) is 126 cm³/mol. The van der Waals surface area contributed by atoms with Crippen molar-refractivity contribution < 1.29 is 28.8 Å². The standard InChI is InChI=1S/C26H25N3O6/c30-24(31)12-15-9-10-16(11-15)27-25(32)22-13-23(35-29-22)28-26(33)34-14-21-19-7-3-1-5-17(19)18-6-2-4-8-20(18)21/h1-8,13,15-16,21H,9-12,14H2,(H,27,32)(H,28,33)(H,30,31). The zero-order valence-electron chi connectivity index (χ0n) is 18.9. The highest BCUT2D eigenvalue weighted by Crippen LogP contribution is 2.44. The normalized spacial score (nSPS) is 18.5. The predicted octanol–water partition coefficient (Wildman–Crippen LogP) is 4.41. The molecule has 2 aliphatic carbocycles. The molecule has 1 fully saturated rings. The topological polar surface area (TPSA) is 131 Å². The van der Waals surface area contributed by atoms with Crippen LogP contribution < -0.4 is 10.6 Å². The highest BCUT2D eigenvalue weighted by molar-refractivity contribution is 5.94. The van der Waals surface area contributed by atoms with Crippen molar-refractivity contribution in [3.8, 4) is 11.1 Å². The van der Waals surface area contributed by atoms with Crippen molar-refractivity contribution in [1.29, 1.82) is 0 Å². The summed E-state index contributed by atoms with van der Waals surface area (Å²) in [5, 5.41) is 18.0. The zero-order chi connectivity index (χ0) is 24.4. The molecule has 2 aliphatic rings. The van der Waals surface area contributed by atoms with Crippen molar-refractivity contribution in [2.75, 3.05) is 11.9 Å². The van der Waals surface area contributed by atoms with Crippen LogP contribution in [-0.2, 0) is 9.53 Å². The van der Waals surface area contributed by atoms with Gasteiger partial charge in [0.1, 0.15) is 6.61 Å². The lowest BCUT2D eigenvalue weighted by Gasteiger charge is -2.14. The Kier molecular flexibility index (Phi) is 6.22. The largest absolute Gasteiger partial charge is 0.481 e. The van der Waals surface area contributed by atoms with Gasteiger partial charge in [0.15, 0.2) is 5.69 Å². The van der Waals surface area contributed by atoms with Crippen LogP contribution in [0.5, 0.6) is 0 Å². The van der Waals surface area contributed by atoms with E-state index in [0.29, 0.717) is 12.8 Å². The van der Waals surface area contributed by atoms with Crippen molar-refractivity contribution in [3.63, 3.8) is 0 Å². The maximum absolute atomic E-state index is 12.5. The number of carbonyl (C=O) groups excluding carboxylic acids is 2. The quantitative estimate of drug-likeness (QED) is 0.461. The van der Waals surface area contributed by atoms with E-state index >= 15 is 0 Å². The molecule has 1 saturated carbocycles. The number of carboxylic acids is 1. The van der Waals surface area contributed by atoms with Gasteiger partial charge in [-0.25, -0.2) is 4.79 Å². The molecule has 0 bridgehead atoms. The summed E-state index contributed by atoms with van der Waals surface area (Å²) in [6, 6.07) is 17.3. The van der Waals surface area contributed by atoms with Crippen molar-refractivity contribution >= 4 is 23.9 Å². The van der Waals surface area contributed by atoms with Crippen LogP contribution in [0, 0.1) is 5.92 Å². The highest BCUT2D eigenvalue weighted by Gasteiger charge is 2.30. The van der Waals surface area contributed by atoms with E-state index < -0.39 is 18.0 Å². The molecule has 5 rings (SSSR count). The smallest absolute Gasteiger partial charge is 0.414 e. The second-order valence-electron chi connectivity index (χ2n) is 8.97. The van der Waals surface area contributed by atoms with Crippen LogP contribution in [-0.4, -0.2) is 40.9 Å². The lowest BCUT2D eigenvalue weighted by atomic mass is 9.98. The van der Waals surface area contributed by atoms with Gasteiger partial charge in [0.2, 0.25) is 5.88 Å². The van der Waals surface area contributed by atoms with E-state index in [2.05, 4.69) is 27.9 Å². The molecular weight excluding hydrogens is 450 g/mol. The van der Waals surface area contributed by atoms with Crippen LogP contribution in [0.4, 0.5) is 10.7 Å². The number of ether oxygens (including phenoxy) is 1. The van der Waals surface area contributed by atoms with Crippen LogP contribution in [0.15, 0.2) is 59.1 Å². The van der Waals surface area contributed by atoms with Crippen LogP contribution >= 0.6 is 0 Å². The molecule has 1 aromatic heterocycles. The molecule has 0 radical (unpaired) electrons. The van der Waals surface area contributed by atoms with Crippen LogP contribution in [0.25, 0.3) is 11.1 Å². The van der Waals surface area contributed by atoms with Crippen molar-refractivity contribution in [2.24, 2.45) is 5.92 Å². The van der Waals surface area contributed by atoms with E-state index in [9.17, 15) is 14.4 Å². The summed E-state index contributed by atoms with van der Waals surface area (Å²) >= 11 is 0. The summed E-state index contributed by atoms with van der Waals surface area (Å²) < 4.78 is 10.6. The van der Waals surface area contributed by atoms with E-state index in [-0.39, 0.29) is 42.5 Å². The second kappa shape index (κ2) is 9.61. The first kappa shape index (κ1) is 22.6. The minimum absolute atomic E-state index is 0.00236. The number of carboxylic acid groups (broad SMARTS) is 1. The Morgan fingerprint density at radius 3 is 2.40 bits per heavy atom. The number of aromatic nitrogens is 1. The lowest BCUT2D eigenvalue weighted by Crippen LogP contribution is -2.33. The first-order valence-electron chi connectivity index (χ1n) is 11.6. The first-order valence-corrected chi connectivity index (χ1v) is 11.6. The summed E-state index contributed by atoms with van der Waals surface area (Å²) in [5.74, 6) is -1.28. The fourth-order valence-corrected chi connectivity index (χ4v) is 5.07. The average Bonchev–Trinajstić information content (AvgIpc) is 3.55.